The molecule has 0 amide bonds. The van der Waals surface area contributed by atoms with Crippen molar-refractivity contribution in [3.63, 3.8) is 0 Å². The van der Waals surface area contributed by atoms with E-state index >= 15 is 0 Å². The Labute approximate surface area is 243 Å². The van der Waals surface area contributed by atoms with Crippen molar-refractivity contribution < 1.29 is 0 Å². The highest BCUT2D eigenvalue weighted by Crippen LogP contribution is 2.24. The van der Waals surface area contributed by atoms with Gasteiger partial charge in [-0.2, -0.15) is 4.98 Å². The highest BCUT2D eigenvalue weighted by atomic mass is 16.1. The number of piperidine rings is 1. The van der Waals surface area contributed by atoms with E-state index in [2.05, 4.69) is 48.4 Å². The molecule has 12 heteroatoms. The molecule has 4 aromatic heterocycles. The van der Waals surface area contributed by atoms with Crippen LogP contribution < -0.4 is 21.5 Å². The number of pyridine rings is 2. The van der Waals surface area contributed by atoms with Crippen LogP contribution in [0.3, 0.4) is 0 Å². The molecule has 0 bridgehead atoms. The lowest BCUT2D eigenvalue weighted by Crippen LogP contribution is -2.38. The van der Waals surface area contributed by atoms with Gasteiger partial charge in [0.25, 0.3) is 5.56 Å². The number of rotatable bonds is 9. The number of hydrogen-bond donors (Lipinski definition) is 3. The van der Waals surface area contributed by atoms with E-state index < -0.39 is 0 Å². The molecule has 1 aromatic carbocycles. The molecule has 0 aliphatic carbocycles. The van der Waals surface area contributed by atoms with Crippen LogP contribution in [0.1, 0.15) is 12.8 Å². The highest BCUT2D eigenvalue weighted by molar-refractivity contribution is 5.81. The van der Waals surface area contributed by atoms with Crippen molar-refractivity contribution in [3.05, 3.63) is 71.4 Å². The normalized spacial score (nSPS) is 15.3. The summed E-state index contributed by atoms with van der Waals surface area (Å²) in [5, 5.41) is 19.0. The van der Waals surface area contributed by atoms with Crippen molar-refractivity contribution in [2.75, 3.05) is 44.4 Å². The van der Waals surface area contributed by atoms with Crippen LogP contribution in [0.2, 0.25) is 0 Å². The first kappa shape index (κ1) is 27.5. The Hall–Kier alpha value is -4.68. The van der Waals surface area contributed by atoms with E-state index in [1.807, 2.05) is 56.4 Å². The Morgan fingerprint density at radius 2 is 1.88 bits per heavy atom. The van der Waals surface area contributed by atoms with Gasteiger partial charge in [0.2, 0.25) is 5.95 Å². The number of benzene rings is 1. The Morgan fingerprint density at radius 1 is 1.05 bits per heavy atom. The molecule has 1 saturated heterocycles. The van der Waals surface area contributed by atoms with E-state index in [1.165, 1.54) is 12.8 Å². The molecule has 1 unspecified atom stereocenters. The molecule has 12 nitrogen and oxygen atoms in total. The molecule has 6 rings (SSSR count). The van der Waals surface area contributed by atoms with Gasteiger partial charge in [-0.1, -0.05) is 5.21 Å². The van der Waals surface area contributed by atoms with Crippen molar-refractivity contribution in [1.82, 2.24) is 44.7 Å². The third-order valence-corrected chi connectivity index (χ3v) is 7.46. The van der Waals surface area contributed by atoms with E-state index in [9.17, 15) is 4.79 Å². The maximum atomic E-state index is 13.8. The maximum Gasteiger partial charge on any atom is 0.261 e. The maximum absolute atomic E-state index is 13.8. The Morgan fingerprint density at radius 3 is 2.57 bits per heavy atom. The second-order valence-corrected chi connectivity index (χ2v) is 10.9. The molecule has 1 atom stereocenters. The van der Waals surface area contributed by atoms with Crippen LogP contribution in [0.5, 0.6) is 0 Å². The van der Waals surface area contributed by atoms with Gasteiger partial charge in [-0.05, 0) is 75.9 Å². The number of nitrogens with zero attached hydrogens (tertiary/aromatic N) is 8. The SMILES string of the molecule is CN(C)CCn1c(=O)c(-c2ccc(-c3cnnn3C)cn2)cc2cnc(Nc3ccc(NC4CCCNC4)cc3)nc21. The third kappa shape index (κ3) is 5.99. The quantitative estimate of drug-likeness (QED) is 0.245. The molecule has 216 valence electrons. The number of hydrogen-bond acceptors (Lipinski definition) is 10. The number of likely N-dealkylation sites (N-methyl/N-ethyl adjacent to an activating group) is 1. The van der Waals surface area contributed by atoms with Crippen LogP contribution in [0.15, 0.2) is 65.8 Å². The molecule has 0 saturated carbocycles. The molecule has 1 aliphatic heterocycles. The zero-order valence-corrected chi connectivity index (χ0v) is 24.1. The summed E-state index contributed by atoms with van der Waals surface area (Å²) < 4.78 is 3.40. The van der Waals surface area contributed by atoms with E-state index in [0.717, 1.165) is 41.1 Å². The van der Waals surface area contributed by atoms with Gasteiger partial charge < -0.3 is 20.9 Å². The fourth-order valence-electron chi connectivity index (χ4n) is 5.16. The van der Waals surface area contributed by atoms with Gasteiger partial charge in [0.05, 0.1) is 23.1 Å². The van der Waals surface area contributed by atoms with Crippen LogP contribution in [-0.4, -0.2) is 79.2 Å². The number of nitrogens with one attached hydrogen (secondary N) is 3. The first-order chi connectivity index (χ1) is 20.4. The largest absolute Gasteiger partial charge is 0.381 e. The van der Waals surface area contributed by atoms with Crippen molar-refractivity contribution in [3.8, 4) is 22.5 Å². The minimum Gasteiger partial charge on any atom is -0.381 e. The number of fused-ring (bicyclic) bond motifs is 1. The Bertz CT molecular complexity index is 1720. The monoisotopic (exact) mass is 565 g/mol. The van der Waals surface area contributed by atoms with Gasteiger partial charge in [-0.15, -0.1) is 5.10 Å². The van der Waals surface area contributed by atoms with E-state index in [0.29, 0.717) is 42.0 Å². The van der Waals surface area contributed by atoms with Crippen molar-refractivity contribution in [1.29, 1.82) is 0 Å². The summed E-state index contributed by atoms with van der Waals surface area (Å²) in [5.41, 5.74) is 5.17. The lowest BCUT2D eigenvalue weighted by Gasteiger charge is -2.24. The minimum absolute atomic E-state index is 0.149. The molecule has 42 heavy (non-hydrogen) atoms. The zero-order chi connectivity index (χ0) is 29.1. The standard InChI is InChI=1S/C30H35N11O/c1-39(2)13-14-41-28-21(15-25(29(41)42)26-11-6-20(16-32-26)27-19-34-38-40(27)3)17-33-30(37-28)36-23-9-7-22(8-10-23)35-24-5-4-12-31-18-24/h6-11,15-17,19,24,31,35H,4-5,12-14,18H2,1-3H3,(H,33,36,37). The molecule has 3 N–H and O–H groups in total. The van der Waals surface area contributed by atoms with Crippen LogP contribution in [0, 0.1) is 0 Å². The fraction of sp³-hybridized carbons (Fsp3) is 0.333. The molecule has 5 aromatic rings. The van der Waals surface area contributed by atoms with E-state index in [1.54, 1.807) is 27.8 Å². The van der Waals surface area contributed by atoms with Crippen LogP contribution in [0.25, 0.3) is 33.5 Å². The van der Waals surface area contributed by atoms with Crippen molar-refractivity contribution in [2.24, 2.45) is 7.05 Å². The summed E-state index contributed by atoms with van der Waals surface area (Å²) in [7, 11) is 5.79. The molecular formula is C30H35N11O. The second-order valence-electron chi connectivity index (χ2n) is 10.9. The van der Waals surface area contributed by atoms with Gasteiger partial charge in [-0.3, -0.25) is 14.3 Å². The average Bonchev–Trinajstić information content (AvgIpc) is 3.44. The molecular weight excluding hydrogens is 530 g/mol. The zero-order valence-electron chi connectivity index (χ0n) is 24.1. The summed E-state index contributed by atoms with van der Waals surface area (Å²) in [5.74, 6) is 0.428. The van der Waals surface area contributed by atoms with Gasteiger partial charge >= 0.3 is 0 Å². The fourth-order valence-corrected chi connectivity index (χ4v) is 5.16. The van der Waals surface area contributed by atoms with Gasteiger partial charge in [-0.25, -0.2) is 9.67 Å². The summed E-state index contributed by atoms with van der Waals surface area (Å²) in [6.45, 7) is 3.22. The van der Waals surface area contributed by atoms with Gasteiger partial charge in [0, 0.05) is 67.4 Å². The first-order valence-electron chi connectivity index (χ1n) is 14.2. The van der Waals surface area contributed by atoms with Gasteiger partial charge in [0.15, 0.2) is 0 Å². The Balaban J connectivity index is 1.28. The van der Waals surface area contributed by atoms with E-state index in [4.69, 9.17) is 4.98 Å². The smallest absolute Gasteiger partial charge is 0.261 e. The molecule has 0 radical (unpaired) electrons. The lowest BCUT2D eigenvalue weighted by molar-refractivity contribution is 0.384. The number of aryl methyl sites for hydroxylation is 1. The lowest BCUT2D eigenvalue weighted by atomic mass is 10.1. The Kier molecular flexibility index (Phi) is 7.89. The second kappa shape index (κ2) is 12.0. The summed E-state index contributed by atoms with van der Waals surface area (Å²) in [6.07, 6.45) is 7.52. The summed E-state index contributed by atoms with van der Waals surface area (Å²) in [4.78, 5) is 29.8. The van der Waals surface area contributed by atoms with Crippen molar-refractivity contribution in [2.45, 2.75) is 25.4 Å². The minimum atomic E-state index is -0.149. The summed E-state index contributed by atoms with van der Waals surface area (Å²) >= 11 is 0. The van der Waals surface area contributed by atoms with Crippen molar-refractivity contribution >= 4 is 28.4 Å². The van der Waals surface area contributed by atoms with Crippen LogP contribution >= 0.6 is 0 Å². The predicted octanol–water partition coefficient (Wildman–Crippen LogP) is 3.12. The van der Waals surface area contributed by atoms with Crippen LogP contribution in [-0.2, 0) is 13.6 Å². The first-order valence-corrected chi connectivity index (χ1v) is 14.2. The number of aromatic nitrogens is 7. The third-order valence-electron chi connectivity index (χ3n) is 7.46. The highest BCUT2D eigenvalue weighted by Gasteiger charge is 2.16. The predicted molar refractivity (Wildman–Crippen MR) is 165 cm³/mol. The van der Waals surface area contributed by atoms with Gasteiger partial charge in [0.1, 0.15) is 5.65 Å². The number of anilines is 3. The summed E-state index contributed by atoms with van der Waals surface area (Å²) in [6, 6.07) is 14.2. The molecule has 1 aliphatic rings. The van der Waals surface area contributed by atoms with E-state index in [-0.39, 0.29) is 5.56 Å². The molecule has 1 fully saturated rings. The average molecular weight is 566 g/mol. The molecule has 5 heterocycles. The topological polar surface area (TPSA) is 131 Å². The van der Waals surface area contributed by atoms with Crippen LogP contribution in [0.4, 0.5) is 17.3 Å². The molecule has 0 spiro atoms.